The van der Waals surface area contributed by atoms with Crippen LogP contribution in [0.15, 0.2) is 40.7 Å². The van der Waals surface area contributed by atoms with Gasteiger partial charge in [-0.2, -0.15) is 0 Å². The maximum absolute atomic E-state index is 12.4. The van der Waals surface area contributed by atoms with Crippen molar-refractivity contribution in [2.24, 2.45) is 14.1 Å². The van der Waals surface area contributed by atoms with Gasteiger partial charge in [-0.25, -0.2) is 9.78 Å². The summed E-state index contributed by atoms with van der Waals surface area (Å²) in [6, 6.07) is 3.57. The number of nitrogens with two attached hydrogens (primary N) is 1. The number of aromatic nitrogens is 3. The van der Waals surface area contributed by atoms with E-state index in [4.69, 9.17) is 5.73 Å². The number of rotatable bonds is 5. The first-order valence-corrected chi connectivity index (χ1v) is 7.44. The molecule has 0 aliphatic heterocycles. The monoisotopic (exact) mass is 344 g/mol. The molecule has 2 heterocycles. The van der Waals surface area contributed by atoms with Gasteiger partial charge in [-0.1, -0.05) is 12.6 Å². The minimum atomic E-state index is -0.609. The number of nitrogens with one attached hydrogen (secondary N) is 1. The Bertz CT molecular complexity index is 944. The second-order valence-corrected chi connectivity index (χ2v) is 5.47. The zero-order valence-corrected chi connectivity index (χ0v) is 14.3. The summed E-state index contributed by atoms with van der Waals surface area (Å²) in [5.41, 5.74) is 5.55. The zero-order valence-electron chi connectivity index (χ0n) is 14.3. The van der Waals surface area contributed by atoms with Crippen molar-refractivity contribution in [3.8, 4) is 0 Å². The van der Waals surface area contributed by atoms with Gasteiger partial charge in [0.1, 0.15) is 23.9 Å². The maximum Gasteiger partial charge on any atom is 0.332 e. The number of hydrogen-bond acceptors (Lipinski definition) is 6. The van der Waals surface area contributed by atoms with Gasteiger partial charge in [-0.3, -0.25) is 18.7 Å². The number of carbonyl (C=O) groups is 1. The molecule has 0 fully saturated rings. The Morgan fingerprint density at radius 1 is 1.40 bits per heavy atom. The number of nitrogen functional groups attached to an aromatic ring is 1. The van der Waals surface area contributed by atoms with E-state index in [2.05, 4.69) is 16.9 Å². The van der Waals surface area contributed by atoms with E-state index in [-0.39, 0.29) is 18.1 Å². The van der Waals surface area contributed by atoms with E-state index in [9.17, 15) is 14.4 Å². The normalized spacial score (nSPS) is 10.4. The molecule has 0 aliphatic rings. The van der Waals surface area contributed by atoms with Gasteiger partial charge >= 0.3 is 5.69 Å². The van der Waals surface area contributed by atoms with Crippen molar-refractivity contribution in [3.05, 3.63) is 57.5 Å². The number of amides is 1. The molecular weight excluding hydrogens is 324 g/mol. The van der Waals surface area contributed by atoms with Crippen LogP contribution < -0.4 is 27.2 Å². The third-order valence-electron chi connectivity index (χ3n) is 3.77. The first-order valence-electron chi connectivity index (χ1n) is 7.44. The molecule has 2 aromatic rings. The van der Waals surface area contributed by atoms with Crippen LogP contribution in [0.1, 0.15) is 5.56 Å². The summed E-state index contributed by atoms with van der Waals surface area (Å²) in [5, 5.41) is 2.67. The van der Waals surface area contributed by atoms with Crippen molar-refractivity contribution >= 4 is 23.2 Å². The fourth-order valence-electron chi connectivity index (χ4n) is 2.29. The fourth-order valence-corrected chi connectivity index (χ4v) is 2.29. The Kier molecular flexibility index (Phi) is 5.06. The van der Waals surface area contributed by atoms with E-state index in [1.165, 1.54) is 25.2 Å². The molecule has 0 spiro atoms. The molecule has 0 atom stereocenters. The quantitative estimate of drug-likeness (QED) is 0.786. The van der Waals surface area contributed by atoms with Crippen LogP contribution in [0.3, 0.4) is 0 Å². The van der Waals surface area contributed by atoms with Crippen molar-refractivity contribution in [1.29, 1.82) is 0 Å². The van der Waals surface area contributed by atoms with Crippen LogP contribution in [0.5, 0.6) is 0 Å². The summed E-state index contributed by atoms with van der Waals surface area (Å²) >= 11 is 0. The Morgan fingerprint density at radius 3 is 2.68 bits per heavy atom. The molecule has 1 amide bonds. The van der Waals surface area contributed by atoms with Crippen molar-refractivity contribution in [2.75, 3.05) is 22.5 Å². The van der Waals surface area contributed by atoms with E-state index in [0.717, 1.165) is 14.7 Å². The zero-order chi connectivity index (χ0) is 18.7. The van der Waals surface area contributed by atoms with Crippen LogP contribution in [-0.2, 0) is 18.9 Å². The molecular formula is C16H20N6O3. The van der Waals surface area contributed by atoms with E-state index < -0.39 is 17.2 Å². The number of aryl methyl sites for hydroxylation is 1. The third kappa shape index (κ3) is 3.44. The van der Waals surface area contributed by atoms with Crippen molar-refractivity contribution in [2.45, 2.75) is 6.92 Å². The van der Waals surface area contributed by atoms with Crippen molar-refractivity contribution < 1.29 is 4.79 Å². The summed E-state index contributed by atoms with van der Waals surface area (Å²) in [6.45, 7) is 5.22. The van der Waals surface area contributed by atoms with Crippen LogP contribution in [0, 0.1) is 6.92 Å². The smallest absolute Gasteiger partial charge is 0.332 e. The van der Waals surface area contributed by atoms with Gasteiger partial charge in [-0.15, -0.1) is 0 Å². The Balaban J connectivity index is 2.34. The Morgan fingerprint density at radius 2 is 2.08 bits per heavy atom. The lowest BCUT2D eigenvalue weighted by atomic mass is 10.3. The Labute approximate surface area is 144 Å². The molecule has 0 saturated heterocycles. The predicted molar refractivity (Wildman–Crippen MR) is 96.5 cm³/mol. The first kappa shape index (κ1) is 18.0. The van der Waals surface area contributed by atoms with E-state index in [1.54, 1.807) is 12.3 Å². The molecule has 0 unspecified atom stereocenters. The maximum atomic E-state index is 12.4. The van der Waals surface area contributed by atoms with Crippen LogP contribution in [0.2, 0.25) is 0 Å². The van der Waals surface area contributed by atoms with Gasteiger partial charge in [0.25, 0.3) is 5.56 Å². The van der Waals surface area contributed by atoms with Gasteiger partial charge in [0.15, 0.2) is 0 Å². The predicted octanol–water partition coefficient (Wildman–Crippen LogP) is -0.0418. The minimum absolute atomic E-state index is 0.00694. The molecule has 2 rings (SSSR count). The highest BCUT2D eigenvalue weighted by atomic mass is 16.2. The second kappa shape index (κ2) is 7.04. The van der Waals surface area contributed by atoms with Gasteiger partial charge < -0.3 is 16.0 Å². The van der Waals surface area contributed by atoms with Crippen LogP contribution in [0.25, 0.3) is 0 Å². The summed E-state index contributed by atoms with van der Waals surface area (Å²) in [7, 11) is 2.78. The van der Waals surface area contributed by atoms with Crippen LogP contribution in [0.4, 0.5) is 17.3 Å². The highest BCUT2D eigenvalue weighted by Crippen LogP contribution is 2.16. The average Bonchev–Trinajstić information content (AvgIpc) is 2.59. The molecule has 0 bridgehead atoms. The van der Waals surface area contributed by atoms with Crippen LogP contribution >= 0.6 is 0 Å². The fraction of sp³-hybridized carbons (Fsp3) is 0.250. The molecule has 9 nitrogen and oxygen atoms in total. The molecule has 0 aliphatic carbocycles. The summed E-state index contributed by atoms with van der Waals surface area (Å²) in [6.07, 6.45) is 2.87. The lowest BCUT2D eigenvalue weighted by Crippen LogP contribution is -2.43. The Hall–Kier alpha value is -3.36. The molecule has 0 saturated carbocycles. The number of anilines is 3. The van der Waals surface area contributed by atoms with Gasteiger partial charge in [0.2, 0.25) is 5.91 Å². The molecule has 2 aromatic heterocycles. The highest BCUT2D eigenvalue weighted by Gasteiger charge is 2.20. The third-order valence-corrected chi connectivity index (χ3v) is 3.77. The molecule has 9 heteroatoms. The minimum Gasteiger partial charge on any atom is -0.383 e. The molecule has 3 N–H and O–H groups in total. The van der Waals surface area contributed by atoms with Crippen LogP contribution in [-0.4, -0.2) is 26.6 Å². The lowest BCUT2D eigenvalue weighted by Gasteiger charge is -2.22. The van der Waals surface area contributed by atoms with Gasteiger partial charge in [-0.05, 0) is 24.8 Å². The number of nitrogens with zero attached hydrogens (tertiary/aromatic N) is 4. The summed E-state index contributed by atoms with van der Waals surface area (Å²) < 4.78 is 2.05. The van der Waals surface area contributed by atoms with E-state index in [1.807, 2.05) is 13.0 Å². The highest BCUT2D eigenvalue weighted by molar-refractivity contribution is 5.94. The largest absolute Gasteiger partial charge is 0.383 e. The topological polar surface area (TPSA) is 115 Å². The second-order valence-electron chi connectivity index (χ2n) is 5.47. The summed E-state index contributed by atoms with van der Waals surface area (Å²) in [4.78, 5) is 42.0. The average molecular weight is 344 g/mol. The molecule has 0 aromatic carbocycles. The lowest BCUT2D eigenvalue weighted by molar-refractivity contribution is -0.114. The number of hydrogen-bond donors (Lipinski definition) is 2. The molecule has 25 heavy (non-hydrogen) atoms. The summed E-state index contributed by atoms with van der Waals surface area (Å²) in [5.74, 6) is -0.0235. The standard InChI is InChI=1S/C16H20N6O3/c1-5-22(9-11(23)19-14-10(2)7-6-8-18-14)12-13(17)20(3)16(25)21(4)15(12)24/h5-8H,1,9,17H2,2-4H3,(H,18,19,23). The molecule has 132 valence electrons. The first-order chi connectivity index (χ1) is 11.8. The van der Waals surface area contributed by atoms with Gasteiger partial charge in [0.05, 0.1) is 0 Å². The van der Waals surface area contributed by atoms with Crippen molar-refractivity contribution in [1.82, 2.24) is 14.1 Å². The SMILES string of the molecule is C=CN(CC(=O)Nc1ncccc1C)c1c(N)n(C)c(=O)n(C)c1=O. The number of carbonyl (C=O) groups excluding carboxylic acids is 1. The van der Waals surface area contributed by atoms with Crippen molar-refractivity contribution in [3.63, 3.8) is 0 Å². The van der Waals surface area contributed by atoms with E-state index in [0.29, 0.717) is 5.82 Å². The number of pyridine rings is 1. The van der Waals surface area contributed by atoms with Gasteiger partial charge in [0, 0.05) is 20.3 Å². The van der Waals surface area contributed by atoms with E-state index >= 15 is 0 Å². The molecule has 0 radical (unpaired) electrons.